The normalized spacial score (nSPS) is 11.1. The van der Waals surface area contributed by atoms with Crippen molar-refractivity contribution in [2.24, 2.45) is 0 Å². The second kappa shape index (κ2) is 3.98. The van der Waals surface area contributed by atoms with Crippen molar-refractivity contribution in [2.75, 3.05) is 0 Å². The van der Waals surface area contributed by atoms with E-state index in [2.05, 4.69) is 19.9 Å². The zero-order valence-corrected chi connectivity index (χ0v) is 10.2. The molecule has 0 fully saturated rings. The summed E-state index contributed by atoms with van der Waals surface area (Å²) in [5, 5.41) is 9.07. The van der Waals surface area contributed by atoms with Gasteiger partial charge in [0.2, 0.25) is 0 Å². The van der Waals surface area contributed by atoms with Gasteiger partial charge in [0.25, 0.3) is 5.56 Å². The summed E-state index contributed by atoms with van der Waals surface area (Å²) in [6.45, 7) is 1.63. The average Bonchev–Trinajstić information content (AvgIpc) is 2.36. The molecular formula is C12H8N4O4. The molecule has 20 heavy (non-hydrogen) atoms. The Morgan fingerprint density at radius 3 is 2.55 bits per heavy atom. The van der Waals surface area contributed by atoms with Gasteiger partial charge in [0.15, 0.2) is 11.2 Å². The van der Waals surface area contributed by atoms with E-state index in [-0.39, 0.29) is 16.7 Å². The highest BCUT2D eigenvalue weighted by Gasteiger charge is 2.12. The van der Waals surface area contributed by atoms with Gasteiger partial charge in [0.05, 0.1) is 16.6 Å². The zero-order chi connectivity index (χ0) is 14.4. The van der Waals surface area contributed by atoms with Gasteiger partial charge in [-0.2, -0.15) is 0 Å². The number of H-pyrrole nitrogens is 2. The molecular weight excluding hydrogens is 264 g/mol. The molecule has 8 nitrogen and oxygen atoms in total. The van der Waals surface area contributed by atoms with Crippen molar-refractivity contribution in [1.82, 2.24) is 19.9 Å². The van der Waals surface area contributed by atoms with Gasteiger partial charge < -0.3 is 5.11 Å². The lowest BCUT2D eigenvalue weighted by Gasteiger charge is -2.04. The molecule has 0 amide bonds. The molecule has 2 heterocycles. The Balaban J connectivity index is 2.48. The fraction of sp³-hybridized carbons (Fsp3) is 0.0833. The summed E-state index contributed by atoms with van der Waals surface area (Å²) in [7, 11) is 0. The number of hydrogen-bond donors (Lipinski definition) is 3. The van der Waals surface area contributed by atoms with Crippen LogP contribution in [0.25, 0.3) is 22.2 Å². The number of nitrogens with one attached hydrogen (secondary N) is 2. The van der Waals surface area contributed by atoms with E-state index in [1.54, 1.807) is 6.92 Å². The number of hydrogen-bond acceptors (Lipinski definition) is 5. The number of aromatic amines is 2. The Morgan fingerprint density at radius 2 is 1.85 bits per heavy atom. The SMILES string of the molecule is Cc1cc2nc3c(=O)[nH]c(=O)[nH]c3nc2cc1C(=O)O. The molecule has 3 aromatic rings. The zero-order valence-electron chi connectivity index (χ0n) is 10.2. The first-order chi connectivity index (χ1) is 9.45. The lowest BCUT2D eigenvalue weighted by atomic mass is 10.1. The quantitative estimate of drug-likeness (QED) is 0.541. The number of aromatic nitrogens is 4. The molecule has 0 atom stereocenters. The molecule has 2 aromatic heterocycles. The van der Waals surface area contributed by atoms with Crippen molar-refractivity contribution in [1.29, 1.82) is 0 Å². The smallest absolute Gasteiger partial charge is 0.336 e. The minimum atomic E-state index is -1.08. The van der Waals surface area contributed by atoms with Gasteiger partial charge in [-0.1, -0.05) is 0 Å². The van der Waals surface area contributed by atoms with Crippen LogP contribution >= 0.6 is 0 Å². The Labute approximate surface area is 110 Å². The largest absolute Gasteiger partial charge is 0.478 e. The van der Waals surface area contributed by atoms with Crippen LogP contribution in [0, 0.1) is 6.92 Å². The van der Waals surface area contributed by atoms with Crippen LogP contribution < -0.4 is 11.2 Å². The van der Waals surface area contributed by atoms with Gasteiger partial charge in [-0.15, -0.1) is 0 Å². The monoisotopic (exact) mass is 272 g/mol. The number of rotatable bonds is 1. The van der Waals surface area contributed by atoms with Gasteiger partial charge in [0, 0.05) is 0 Å². The van der Waals surface area contributed by atoms with Crippen molar-refractivity contribution in [3.63, 3.8) is 0 Å². The van der Waals surface area contributed by atoms with Gasteiger partial charge >= 0.3 is 11.7 Å². The summed E-state index contributed by atoms with van der Waals surface area (Å²) in [6, 6.07) is 2.90. The molecule has 1 aromatic carbocycles. The number of benzene rings is 1. The molecule has 0 saturated carbocycles. The van der Waals surface area contributed by atoms with Crippen molar-refractivity contribution < 1.29 is 9.90 Å². The van der Waals surface area contributed by atoms with Crippen molar-refractivity contribution in [3.8, 4) is 0 Å². The number of aromatic carboxylic acids is 1. The summed E-state index contributed by atoms with van der Waals surface area (Å²) in [6.07, 6.45) is 0. The molecule has 0 aliphatic carbocycles. The third kappa shape index (κ3) is 1.74. The third-order valence-corrected chi connectivity index (χ3v) is 2.91. The van der Waals surface area contributed by atoms with Gasteiger partial charge in [-0.05, 0) is 24.6 Å². The maximum atomic E-state index is 11.6. The minimum Gasteiger partial charge on any atom is -0.478 e. The summed E-state index contributed by atoms with van der Waals surface area (Å²) < 4.78 is 0. The second-order valence-electron chi connectivity index (χ2n) is 4.29. The molecule has 100 valence electrons. The Morgan fingerprint density at radius 1 is 1.15 bits per heavy atom. The highest BCUT2D eigenvalue weighted by Crippen LogP contribution is 2.18. The van der Waals surface area contributed by atoms with E-state index in [0.29, 0.717) is 16.6 Å². The number of aryl methyl sites for hydroxylation is 1. The molecule has 0 saturated heterocycles. The molecule has 0 spiro atoms. The Hall–Kier alpha value is -3.03. The fourth-order valence-corrected chi connectivity index (χ4v) is 1.98. The first kappa shape index (κ1) is 12.0. The van der Waals surface area contributed by atoms with Crippen molar-refractivity contribution in [2.45, 2.75) is 6.92 Å². The van der Waals surface area contributed by atoms with Crippen LogP contribution in [-0.2, 0) is 0 Å². The molecule has 3 rings (SSSR count). The van der Waals surface area contributed by atoms with E-state index < -0.39 is 17.2 Å². The Kier molecular flexibility index (Phi) is 2.40. The van der Waals surface area contributed by atoms with E-state index >= 15 is 0 Å². The maximum absolute atomic E-state index is 11.6. The number of carboxylic acid groups (broad SMARTS) is 1. The molecule has 0 bridgehead atoms. The minimum absolute atomic E-state index is 0.000394. The van der Waals surface area contributed by atoms with Gasteiger partial charge in [0.1, 0.15) is 0 Å². The fourth-order valence-electron chi connectivity index (χ4n) is 1.98. The summed E-state index contributed by atoms with van der Waals surface area (Å²) in [4.78, 5) is 46.5. The van der Waals surface area contributed by atoms with Crippen LogP contribution in [0.3, 0.4) is 0 Å². The van der Waals surface area contributed by atoms with Gasteiger partial charge in [-0.3, -0.25) is 14.8 Å². The predicted molar refractivity (Wildman–Crippen MR) is 70.0 cm³/mol. The van der Waals surface area contributed by atoms with E-state index in [1.165, 1.54) is 12.1 Å². The van der Waals surface area contributed by atoms with E-state index in [9.17, 15) is 14.4 Å². The number of fused-ring (bicyclic) bond motifs is 2. The molecule has 0 radical (unpaired) electrons. The second-order valence-corrected chi connectivity index (χ2v) is 4.29. The number of nitrogens with zero attached hydrogens (tertiary/aromatic N) is 2. The highest BCUT2D eigenvalue weighted by molar-refractivity contribution is 5.95. The summed E-state index contributed by atoms with van der Waals surface area (Å²) in [5.74, 6) is -1.08. The van der Waals surface area contributed by atoms with Crippen LogP contribution in [0.5, 0.6) is 0 Å². The first-order valence-electron chi connectivity index (χ1n) is 5.64. The Bertz CT molecular complexity index is 986. The molecule has 0 unspecified atom stereocenters. The predicted octanol–water partition coefficient (Wildman–Crippen LogP) is 0.166. The van der Waals surface area contributed by atoms with Crippen molar-refractivity contribution in [3.05, 3.63) is 44.1 Å². The first-order valence-corrected chi connectivity index (χ1v) is 5.64. The van der Waals surface area contributed by atoms with Crippen molar-refractivity contribution >= 4 is 28.2 Å². The molecule has 3 N–H and O–H groups in total. The highest BCUT2D eigenvalue weighted by atomic mass is 16.4. The van der Waals surface area contributed by atoms with Gasteiger partial charge in [-0.25, -0.2) is 19.6 Å². The van der Waals surface area contributed by atoms with E-state index in [0.717, 1.165) is 0 Å². The maximum Gasteiger partial charge on any atom is 0.336 e. The summed E-state index contributed by atoms with van der Waals surface area (Å²) >= 11 is 0. The standard InChI is InChI=1S/C12H8N4O4/c1-4-2-6-7(3-5(4)11(18)19)14-9-8(13-6)10(17)16-12(20)15-9/h2-3H,1H3,(H,18,19)(H2,14,15,16,17,20). The lowest BCUT2D eigenvalue weighted by molar-refractivity contribution is 0.0696. The van der Waals surface area contributed by atoms with Crippen LogP contribution in [-0.4, -0.2) is 31.0 Å². The lowest BCUT2D eigenvalue weighted by Crippen LogP contribution is -2.23. The van der Waals surface area contributed by atoms with Crippen LogP contribution in [0.4, 0.5) is 0 Å². The average molecular weight is 272 g/mol. The number of carbonyl (C=O) groups is 1. The van der Waals surface area contributed by atoms with E-state index in [1.807, 2.05) is 0 Å². The van der Waals surface area contributed by atoms with Crippen LogP contribution in [0.1, 0.15) is 15.9 Å². The number of carboxylic acids is 1. The summed E-state index contributed by atoms with van der Waals surface area (Å²) in [5.41, 5.74) is -0.0250. The third-order valence-electron chi connectivity index (χ3n) is 2.91. The molecule has 8 heteroatoms. The van der Waals surface area contributed by atoms with Crippen LogP contribution in [0.15, 0.2) is 21.7 Å². The van der Waals surface area contributed by atoms with Crippen LogP contribution in [0.2, 0.25) is 0 Å². The topological polar surface area (TPSA) is 129 Å². The van der Waals surface area contributed by atoms with E-state index in [4.69, 9.17) is 5.11 Å². The molecule has 0 aliphatic rings. The molecule has 0 aliphatic heterocycles.